The molecule has 1 aromatic heterocycles. The molecule has 2 aromatic carbocycles. The number of nitrogens with zero attached hydrogens (tertiary/aromatic N) is 2. The Morgan fingerprint density at radius 2 is 1.75 bits per heavy atom. The van der Waals surface area contributed by atoms with Gasteiger partial charge in [0.05, 0.1) is 23.7 Å². The van der Waals surface area contributed by atoms with E-state index in [1.807, 2.05) is 43.9 Å². The van der Waals surface area contributed by atoms with Gasteiger partial charge in [-0.1, -0.05) is 24.3 Å². The Labute approximate surface area is 189 Å². The fourth-order valence-corrected chi connectivity index (χ4v) is 4.49. The van der Waals surface area contributed by atoms with Crippen molar-refractivity contribution in [1.29, 1.82) is 0 Å². The van der Waals surface area contributed by atoms with Gasteiger partial charge < -0.3 is 9.73 Å². The normalized spacial score (nSPS) is 11.7. The fraction of sp³-hybridized carbons (Fsp3) is 0.292. The van der Waals surface area contributed by atoms with Gasteiger partial charge in [0.1, 0.15) is 11.5 Å². The number of hydrogen-bond donors (Lipinski definition) is 1. The molecule has 0 aliphatic rings. The second-order valence-electron chi connectivity index (χ2n) is 7.90. The minimum atomic E-state index is -3.77. The van der Waals surface area contributed by atoms with Crippen LogP contribution in [0.1, 0.15) is 25.4 Å². The zero-order chi connectivity index (χ0) is 23.3. The fourth-order valence-electron chi connectivity index (χ4n) is 3.25. The van der Waals surface area contributed by atoms with Gasteiger partial charge in [0.15, 0.2) is 0 Å². The van der Waals surface area contributed by atoms with E-state index in [1.54, 1.807) is 36.4 Å². The van der Waals surface area contributed by atoms with Gasteiger partial charge in [0.2, 0.25) is 5.91 Å². The van der Waals surface area contributed by atoms with Crippen molar-refractivity contribution in [2.24, 2.45) is 0 Å². The molecule has 3 aromatic rings. The molecule has 0 radical (unpaired) electrons. The number of furan rings is 1. The second-order valence-corrected chi connectivity index (χ2v) is 9.86. The van der Waals surface area contributed by atoms with E-state index < -0.39 is 10.0 Å². The summed E-state index contributed by atoms with van der Waals surface area (Å²) in [4.78, 5) is 14.8. The molecule has 0 unspecified atom stereocenters. The number of sulfonamides is 1. The highest BCUT2D eigenvalue weighted by Crippen LogP contribution is 2.23. The molecule has 8 heteroatoms. The number of benzene rings is 2. The first-order valence-corrected chi connectivity index (χ1v) is 11.8. The molecule has 1 amide bonds. The maximum Gasteiger partial charge on any atom is 0.264 e. The van der Waals surface area contributed by atoms with Crippen LogP contribution in [-0.4, -0.2) is 38.9 Å². The molecule has 1 heterocycles. The lowest BCUT2D eigenvalue weighted by molar-refractivity contribution is -0.117. The summed E-state index contributed by atoms with van der Waals surface area (Å²) in [6, 6.07) is 19.0. The largest absolute Gasteiger partial charge is 0.465 e. The summed E-state index contributed by atoms with van der Waals surface area (Å²) < 4.78 is 32.9. The Kier molecular flexibility index (Phi) is 7.37. The number of nitrogens with one attached hydrogen (secondary N) is 1. The molecule has 3 rings (SSSR count). The molecule has 32 heavy (non-hydrogen) atoms. The maximum atomic E-state index is 13.0. The van der Waals surface area contributed by atoms with Crippen LogP contribution in [0.3, 0.4) is 0 Å². The molecular formula is C24H29N3O4S. The van der Waals surface area contributed by atoms with Crippen molar-refractivity contribution >= 4 is 27.3 Å². The molecule has 0 spiro atoms. The highest BCUT2D eigenvalue weighted by molar-refractivity contribution is 7.92. The molecule has 0 aliphatic carbocycles. The SMILES string of the molecule is Cc1ccc(CN(CC(=O)Nc2cccc(S(=O)(=O)N(C)c3ccccc3)c2)C(C)C)o1. The number of carbonyl (C=O) groups is 1. The highest BCUT2D eigenvalue weighted by atomic mass is 32.2. The summed E-state index contributed by atoms with van der Waals surface area (Å²) in [6.45, 7) is 6.56. The van der Waals surface area contributed by atoms with Crippen molar-refractivity contribution in [3.05, 3.63) is 78.3 Å². The first-order valence-electron chi connectivity index (χ1n) is 10.4. The van der Waals surface area contributed by atoms with E-state index in [-0.39, 0.29) is 23.4 Å². The van der Waals surface area contributed by atoms with E-state index in [2.05, 4.69) is 5.32 Å². The van der Waals surface area contributed by atoms with Gasteiger partial charge in [-0.2, -0.15) is 0 Å². The van der Waals surface area contributed by atoms with Crippen LogP contribution in [0.5, 0.6) is 0 Å². The number of hydrogen-bond acceptors (Lipinski definition) is 5. The second kappa shape index (κ2) is 10.0. The van der Waals surface area contributed by atoms with Gasteiger partial charge >= 0.3 is 0 Å². The monoisotopic (exact) mass is 455 g/mol. The van der Waals surface area contributed by atoms with E-state index in [4.69, 9.17) is 4.42 Å². The lowest BCUT2D eigenvalue weighted by atomic mass is 10.2. The topological polar surface area (TPSA) is 82.9 Å². The summed E-state index contributed by atoms with van der Waals surface area (Å²) in [7, 11) is -2.26. The zero-order valence-corrected chi connectivity index (χ0v) is 19.6. The Hall–Kier alpha value is -3.10. The third-order valence-corrected chi connectivity index (χ3v) is 6.91. The lowest BCUT2D eigenvalue weighted by Crippen LogP contribution is -2.37. The molecule has 0 atom stereocenters. The Morgan fingerprint density at radius 3 is 2.38 bits per heavy atom. The molecule has 0 bridgehead atoms. The Morgan fingerprint density at radius 1 is 1.03 bits per heavy atom. The predicted octanol–water partition coefficient (Wildman–Crippen LogP) is 4.26. The average molecular weight is 456 g/mol. The molecule has 0 saturated heterocycles. The number of anilines is 2. The first-order chi connectivity index (χ1) is 15.2. The van der Waals surface area contributed by atoms with Gasteiger partial charge in [0, 0.05) is 18.8 Å². The van der Waals surface area contributed by atoms with E-state index >= 15 is 0 Å². The average Bonchev–Trinajstić information content (AvgIpc) is 3.18. The van der Waals surface area contributed by atoms with Crippen LogP contribution in [0.4, 0.5) is 11.4 Å². The number of para-hydroxylation sites is 1. The standard InChI is InChI=1S/C24H29N3O4S/c1-18(2)27(16-22-14-13-19(3)31-22)17-24(28)25-20-9-8-12-23(15-20)32(29,30)26(4)21-10-6-5-7-11-21/h5-15,18H,16-17H2,1-4H3,(H,25,28). The molecule has 1 N–H and O–H groups in total. The summed E-state index contributed by atoms with van der Waals surface area (Å²) in [6.07, 6.45) is 0. The summed E-state index contributed by atoms with van der Waals surface area (Å²) in [5, 5.41) is 2.82. The number of rotatable bonds is 9. The summed E-state index contributed by atoms with van der Waals surface area (Å²) in [5.41, 5.74) is 0.984. The van der Waals surface area contributed by atoms with Crippen molar-refractivity contribution in [2.45, 2.75) is 38.3 Å². The van der Waals surface area contributed by atoms with Crippen LogP contribution in [0.25, 0.3) is 0 Å². The van der Waals surface area contributed by atoms with Crippen molar-refractivity contribution in [3.8, 4) is 0 Å². The quantitative estimate of drug-likeness (QED) is 0.521. The summed E-state index contributed by atoms with van der Waals surface area (Å²) >= 11 is 0. The van der Waals surface area contributed by atoms with Gasteiger partial charge in [-0.3, -0.25) is 14.0 Å². The molecule has 170 valence electrons. The van der Waals surface area contributed by atoms with Crippen LogP contribution in [0.2, 0.25) is 0 Å². The third-order valence-electron chi connectivity index (χ3n) is 5.13. The van der Waals surface area contributed by atoms with Crippen molar-refractivity contribution < 1.29 is 17.6 Å². The van der Waals surface area contributed by atoms with Gasteiger partial charge in [-0.15, -0.1) is 0 Å². The van der Waals surface area contributed by atoms with Crippen molar-refractivity contribution in [2.75, 3.05) is 23.2 Å². The number of amides is 1. The van der Waals surface area contributed by atoms with Crippen molar-refractivity contribution in [3.63, 3.8) is 0 Å². The van der Waals surface area contributed by atoms with Crippen LogP contribution < -0.4 is 9.62 Å². The molecule has 0 aliphatic heterocycles. The van der Waals surface area contributed by atoms with E-state index in [0.29, 0.717) is 17.9 Å². The van der Waals surface area contributed by atoms with Crippen LogP contribution >= 0.6 is 0 Å². The van der Waals surface area contributed by atoms with Crippen LogP contribution in [0, 0.1) is 6.92 Å². The lowest BCUT2D eigenvalue weighted by Gasteiger charge is -2.25. The number of aryl methyl sites for hydroxylation is 1. The molecule has 7 nitrogen and oxygen atoms in total. The number of carbonyl (C=O) groups excluding carboxylic acids is 1. The maximum absolute atomic E-state index is 13.0. The highest BCUT2D eigenvalue weighted by Gasteiger charge is 2.22. The van der Waals surface area contributed by atoms with E-state index in [1.165, 1.54) is 23.5 Å². The van der Waals surface area contributed by atoms with Gasteiger partial charge in [-0.05, 0) is 63.2 Å². The minimum Gasteiger partial charge on any atom is -0.465 e. The molecular weight excluding hydrogens is 426 g/mol. The smallest absolute Gasteiger partial charge is 0.264 e. The van der Waals surface area contributed by atoms with Crippen molar-refractivity contribution in [1.82, 2.24) is 4.90 Å². The minimum absolute atomic E-state index is 0.105. The first kappa shape index (κ1) is 23.6. The summed E-state index contributed by atoms with van der Waals surface area (Å²) in [5.74, 6) is 1.39. The van der Waals surface area contributed by atoms with Crippen LogP contribution in [0.15, 0.2) is 76.0 Å². The van der Waals surface area contributed by atoms with Gasteiger partial charge in [0.25, 0.3) is 10.0 Å². The predicted molar refractivity (Wildman–Crippen MR) is 126 cm³/mol. The van der Waals surface area contributed by atoms with Gasteiger partial charge in [-0.25, -0.2) is 8.42 Å². The Balaban J connectivity index is 1.71. The Bertz CT molecular complexity index is 1160. The van der Waals surface area contributed by atoms with E-state index in [9.17, 15) is 13.2 Å². The van der Waals surface area contributed by atoms with E-state index in [0.717, 1.165) is 11.5 Å². The zero-order valence-electron chi connectivity index (χ0n) is 18.8. The molecule has 0 saturated carbocycles. The van der Waals surface area contributed by atoms with Crippen LogP contribution in [-0.2, 0) is 21.4 Å². The molecule has 0 fully saturated rings. The third kappa shape index (κ3) is 5.77.